The Morgan fingerprint density at radius 3 is 2.50 bits per heavy atom. The molecule has 0 bridgehead atoms. The van der Waals surface area contributed by atoms with E-state index < -0.39 is 10.0 Å². The SMILES string of the molecule is CCc1ccc(CNS(=O)(=O)c2ccc(N)c(C)c2)s1. The number of nitrogens with two attached hydrogens (primary N) is 1. The standard InChI is InChI=1S/C14H18N2O2S2/c1-3-11-4-5-12(19-11)9-16-20(17,18)13-6-7-14(15)10(2)8-13/h4-8,16H,3,9,15H2,1-2H3. The summed E-state index contributed by atoms with van der Waals surface area (Å²) in [5.41, 5.74) is 7.06. The highest BCUT2D eigenvalue weighted by atomic mass is 32.2. The fourth-order valence-corrected chi connectivity index (χ4v) is 3.85. The van der Waals surface area contributed by atoms with Gasteiger partial charge in [0, 0.05) is 22.0 Å². The van der Waals surface area contributed by atoms with Gasteiger partial charge in [0.25, 0.3) is 0 Å². The largest absolute Gasteiger partial charge is 0.399 e. The maximum absolute atomic E-state index is 12.2. The minimum Gasteiger partial charge on any atom is -0.399 e. The molecule has 0 unspecified atom stereocenters. The molecule has 0 aliphatic rings. The molecule has 2 rings (SSSR count). The molecular formula is C14H18N2O2S2. The van der Waals surface area contributed by atoms with Gasteiger partial charge in [0.2, 0.25) is 10.0 Å². The maximum atomic E-state index is 12.2. The van der Waals surface area contributed by atoms with Crippen molar-refractivity contribution in [2.75, 3.05) is 5.73 Å². The Labute approximate surface area is 123 Å². The lowest BCUT2D eigenvalue weighted by Crippen LogP contribution is -2.22. The smallest absolute Gasteiger partial charge is 0.240 e. The lowest BCUT2D eigenvalue weighted by Gasteiger charge is -2.07. The third kappa shape index (κ3) is 3.39. The van der Waals surface area contributed by atoms with E-state index in [2.05, 4.69) is 11.6 Å². The topological polar surface area (TPSA) is 72.2 Å². The first-order chi connectivity index (χ1) is 9.42. The summed E-state index contributed by atoms with van der Waals surface area (Å²) >= 11 is 1.63. The van der Waals surface area contributed by atoms with Crippen LogP contribution in [0.1, 0.15) is 22.2 Å². The molecule has 2 aromatic rings. The van der Waals surface area contributed by atoms with Crippen molar-refractivity contribution < 1.29 is 8.42 Å². The van der Waals surface area contributed by atoms with Crippen LogP contribution < -0.4 is 10.5 Å². The summed E-state index contributed by atoms with van der Waals surface area (Å²) in [5.74, 6) is 0. The monoisotopic (exact) mass is 310 g/mol. The minimum absolute atomic E-state index is 0.247. The third-order valence-corrected chi connectivity index (χ3v) is 5.68. The van der Waals surface area contributed by atoms with Crippen molar-refractivity contribution in [2.24, 2.45) is 0 Å². The molecule has 0 amide bonds. The van der Waals surface area contributed by atoms with Gasteiger partial charge in [-0.1, -0.05) is 6.92 Å². The number of anilines is 1. The van der Waals surface area contributed by atoms with E-state index in [1.165, 1.54) is 10.9 Å². The second-order valence-electron chi connectivity index (χ2n) is 4.56. The Morgan fingerprint density at radius 2 is 1.90 bits per heavy atom. The number of nitrogens with one attached hydrogen (secondary N) is 1. The predicted octanol–water partition coefficient (Wildman–Crippen LogP) is 2.68. The Kier molecular flexibility index (Phi) is 4.47. The van der Waals surface area contributed by atoms with E-state index in [0.29, 0.717) is 12.2 Å². The zero-order valence-corrected chi connectivity index (χ0v) is 13.1. The van der Waals surface area contributed by atoms with Gasteiger partial charge in [-0.25, -0.2) is 13.1 Å². The van der Waals surface area contributed by atoms with Crippen LogP contribution in [0.15, 0.2) is 35.2 Å². The Morgan fingerprint density at radius 1 is 1.20 bits per heavy atom. The number of nitrogen functional groups attached to an aromatic ring is 1. The van der Waals surface area contributed by atoms with E-state index in [4.69, 9.17) is 5.73 Å². The highest BCUT2D eigenvalue weighted by Gasteiger charge is 2.14. The Bertz CT molecular complexity index is 706. The van der Waals surface area contributed by atoms with Crippen molar-refractivity contribution in [3.8, 4) is 0 Å². The van der Waals surface area contributed by atoms with Crippen LogP contribution in [-0.2, 0) is 23.0 Å². The van der Waals surface area contributed by atoms with E-state index >= 15 is 0 Å². The first kappa shape index (κ1) is 15.0. The van der Waals surface area contributed by atoms with Gasteiger partial charge in [0.05, 0.1) is 4.90 Å². The van der Waals surface area contributed by atoms with E-state index in [-0.39, 0.29) is 4.90 Å². The van der Waals surface area contributed by atoms with Crippen LogP contribution in [0.5, 0.6) is 0 Å². The van der Waals surface area contributed by atoms with Gasteiger partial charge in [-0.15, -0.1) is 11.3 Å². The number of sulfonamides is 1. The second-order valence-corrected chi connectivity index (χ2v) is 7.58. The van der Waals surface area contributed by atoms with E-state index in [1.807, 2.05) is 12.1 Å². The molecule has 0 saturated heterocycles. The molecule has 1 heterocycles. The van der Waals surface area contributed by atoms with Crippen molar-refractivity contribution in [1.82, 2.24) is 4.72 Å². The summed E-state index contributed by atoms with van der Waals surface area (Å²) in [4.78, 5) is 2.51. The molecule has 0 aliphatic carbocycles. The summed E-state index contributed by atoms with van der Waals surface area (Å²) in [6, 6.07) is 8.71. The molecular weight excluding hydrogens is 292 g/mol. The second kappa shape index (κ2) is 5.95. The molecule has 0 aliphatic heterocycles. The van der Waals surface area contributed by atoms with E-state index in [1.54, 1.807) is 30.4 Å². The first-order valence-electron chi connectivity index (χ1n) is 6.35. The van der Waals surface area contributed by atoms with Crippen LogP contribution in [0.4, 0.5) is 5.69 Å². The molecule has 0 fully saturated rings. The van der Waals surface area contributed by atoms with Gasteiger partial charge in [-0.3, -0.25) is 0 Å². The number of benzene rings is 1. The molecule has 4 nitrogen and oxygen atoms in total. The predicted molar refractivity (Wildman–Crippen MR) is 83.3 cm³/mol. The Hall–Kier alpha value is -1.37. The van der Waals surface area contributed by atoms with Crippen LogP contribution in [0.3, 0.4) is 0 Å². The number of hydrogen-bond acceptors (Lipinski definition) is 4. The molecule has 0 spiro atoms. The number of thiophene rings is 1. The summed E-state index contributed by atoms with van der Waals surface area (Å²) in [6.07, 6.45) is 0.967. The summed E-state index contributed by atoms with van der Waals surface area (Å²) in [6.45, 7) is 4.19. The lowest BCUT2D eigenvalue weighted by atomic mass is 10.2. The zero-order chi connectivity index (χ0) is 14.8. The van der Waals surface area contributed by atoms with Crippen LogP contribution in [0.25, 0.3) is 0 Å². The highest BCUT2D eigenvalue weighted by molar-refractivity contribution is 7.89. The molecule has 3 N–H and O–H groups in total. The van der Waals surface area contributed by atoms with Gasteiger partial charge in [0.1, 0.15) is 0 Å². The summed E-state index contributed by atoms with van der Waals surface area (Å²) in [7, 11) is -3.49. The molecule has 0 saturated carbocycles. The van der Waals surface area contributed by atoms with Gasteiger partial charge in [0.15, 0.2) is 0 Å². The van der Waals surface area contributed by atoms with Gasteiger partial charge in [-0.05, 0) is 49.2 Å². The van der Waals surface area contributed by atoms with Crippen LogP contribution in [0, 0.1) is 6.92 Å². The quantitative estimate of drug-likeness (QED) is 0.834. The average Bonchev–Trinajstić information content (AvgIpc) is 2.87. The van der Waals surface area contributed by atoms with E-state index in [9.17, 15) is 8.42 Å². The van der Waals surface area contributed by atoms with Crippen LogP contribution in [-0.4, -0.2) is 8.42 Å². The highest BCUT2D eigenvalue weighted by Crippen LogP contribution is 2.19. The van der Waals surface area contributed by atoms with Crippen molar-refractivity contribution in [1.29, 1.82) is 0 Å². The van der Waals surface area contributed by atoms with Crippen molar-refractivity contribution in [3.05, 3.63) is 45.6 Å². The molecule has 6 heteroatoms. The maximum Gasteiger partial charge on any atom is 0.240 e. The molecule has 1 aromatic carbocycles. The van der Waals surface area contributed by atoms with Gasteiger partial charge < -0.3 is 5.73 Å². The van der Waals surface area contributed by atoms with E-state index in [0.717, 1.165) is 16.9 Å². The lowest BCUT2D eigenvalue weighted by molar-refractivity contribution is 0.582. The number of hydrogen-bond donors (Lipinski definition) is 2. The van der Waals surface area contributed by atoms with Crippen molar-refractivity contribution in [2.45, 2.75) is 31.7 Å². The third-order valence-electron chi connectivity index (χ3n) is 3.05. The molecule has 108 valence electrons. The fraction of sp³-hybridized carbons (Fsp3) is 0.286. The van der Waals surface area contributed by atoms with Gasteiger partial charge >= 0.3 is 0 Å². The molecule has 20 heavy (non-hydrogen) atoms. The summed E-state index contributed by atoms with van der Waals surface area (Å²) < 4.78 is 27.0. The minimum atomic E-state index is -3.49. The average molecular weight is 310 g/mol. The Balaban J connectivity index is 2.12. The zero-order valence-electron chi connectivity index (χ0n) is 11.5. The van der Waals surface area contributed by atoms with Crippen LogP contribution >= 0.6 is 11.3 Å². The van der Waals surface area contributed by atoms with Crippen LogP contribution in [0.2, 0.25) is 0 Å². The number of rotatable bonds is 5. The molecule has 0 radical (unpaired) electrons. The van der Waals surface area contributed by atoms with Crippen molar-refractivity contribution >= 4 is 27.0 Å². The fourth-order valence-electron chi connectivity index (χ4n) is 1.77. The molecule has 1 aromatic heterocycles. The van der Waals surface area contributed by atoms with Gasteiger partial charge in [-0.2, -0.15) is 0 Å². The first-order valence-corrected chi connectivity index (χ1v) is 8.65. The molecule has 0 atom stereocenters. The van der Waals surface area contributed by atoms with Crippen molar-refractivity contribution in [3.63, 3.8) is 0 Å². The normalized spacial score (nSPS) is 11.7. The summed E-state index contributed by atoms with van der Waals surface area (Å²) in [5, 5.41) is 0. The number of aryl methyl sites for hydroxylation is 2.